The lowest BCUT2D eigenvalue weighted by atomic mass is 10.1. The molecule has 3 aromatic rings. The van der Waals surface area contributed by atoms with Gasteiger partial charge in [0.25, 0.3) is 0 Å². The van der Waals surface area contributed by atoms with E-state index in [0.717, 1.165) is 61.7 Å². The average Bonchev–Trinajstić information content (AvgIpc) is 3.53. The maximum Gasteiger partial charge on any atom is 0.236 e. The molecule has 0 bridgehead atoms. The number of halogens is 1. The molecule has 3 heterocycles. The fraction of sp³-hybridized carbons (Fsp3) is 0.409. The summed E-state index contributed by atoms with van der Waals surface area (Å²) in [6.07, 6.45) is 6.05. The highest BCUT2D eigenvalue weighted by atomic mass is 35.5. The van der Waals surface area contributed by atoms with Crippen LogP contribution < -0.4 is 9.64 Å². The zero-order valence-corrected chi connectivity index (χ0v) is 17.9. The Bertz CT molecular complexity index is 1120. The molecule has 0 unspecified atom stereocenters. The first-order chi connectivity index (χ1) is 14.5. The van der Waals surface area contributed by atoms with Crippen LogP contribution in [0.3, 0.4) is 0 Å². The van der Waals surface area contributed by atoms with Crippen LogP contribution in [0.5, 0.6) is 5.75 Å². The van der Waals surface area contributed by atoms with Crippen LogP contribution in [0.2, 0.25) is 5.02 Å². The van der Waals surface area contributed by atoms with Crippen LogP contribution in [-0.4, -0.2) is 58.5 Å². The van der Waals surface area contributed by atoms with Gasteiger partial charge in [0.2, 0.25) is 11.7 Å². The Morgan fingerprint density at radius 2 is 1.93 bits per heavy atom. The highest BCUT2D eigenvalue weighted by Crippen LogP contribution is 2.33. The Labute approximate surface area is 180 Å². The zero-order valence-electron chi connectivity index (χ0n) is 17.1. The summed E-state index contributed by atoms with van der Waals surface area (Å²) in [6.45, 7) is 5.11. The summed E-state index contributed by atoms with van der Waals surface area (Å²) in [7, 11) is 1.61. The number of methoxy groups -OCH3 is 1. The maximum atomic E-state index is 12.3. The van der Waals surface area contributed by atoms with Crippen LogP contribution in [0.4, 0.5) is 5.82 Å². The molecule has 1 aromatic carbocycles. The fourth-order valence-electron chi connectivity index (χ4n) is 4.00. The Morgan fingerprint density at radius 3 is 2.63 bits per heavy atom. The van der Waals surface area contributed by atoms with Gasteiger partial charge in [-0.2, -0.15) is 4.98 Å². The van der Waals surface area contributed by atoms with E-state index in [1.165, 1.54) is 0 Å². The van der Waals surface area contributed by atoms with Crippen molar-refractivity contribution in [3.63, 3.8) is 0 Å². The normalized spacial score (nSPS) is 16.9. The molecule has 1 aliphatic heterocycles. The quantitative estimate of drug-likeness (QED) is 0.640. The zero-order chi connectivity index (χ0) is 20.8. The van der Waals surface area contributed by atoms with Crippen LogP contribution >= 0.6 is 11.6 Å². The number of carbonyl (C=O) groups is 1. The molecule has 2 fully saturated rings. The predicted octanol–water partition coefficient (Wildman–Crippen LogP) is 3.43. The van der Waals surface area contributed by atoms with Gasteiger partial charge in [0.15, 0.2) is 0 Å². The van der Waals surface area contributed by atoms with Gasteiger partial charge in [-0.3, -0.25) is 9.20 Å². The lowest BCUT2D eigenvalue weighted by Crippen LogP contribution is -2.49. The van der Waals surface area contributed by atoms with Gasteiger partial charge >= 0.3 is 0 Å². The number of rotatable bonds is 4. The molecule has 5 rings (SSSR count). The number of ether oxygens (including phenoxy) is 1. The SMILES string of the molecule is COc1cc(C)c(-c2cn3ccc(N4CCN(C(=O)C5CC5)CC4)nc3n2)cc1Cl. The topological polar surface area (TPSA) is 63.0 Å². The summed E-state index contributed by atoms with van der Waals surface area (Å²) in [5, 5.41) is 0.558. The third kappa shape index (κ3) is 3.47. The molecule has 8 heteroatoms. The molecule has 0 radical (unpaired) electrons. The molecular formula is C22H24ClN5O2. The molecule has 2 aliphatic rings. The van der Waals surface area contributed by atoms with Crippen molar-refractivity contribution < 1.29 is 9.53 Å². The van der Waals surface area contributed by atoms with E-state index in [4.69, 9.17) is 26.3 Å². The van der Waals surface area contributed by atoms with E-state index in [0.29, 0.717) is 22.5 Å². The summed E-state index contributed by atoms with van der Waals surface area (Å²) in [4.78, 5) is 26.0. The van der Waals surface area contributed by atoms with Gasteiger partial charge in [0, 0.05) is 50.1 Å². The molecule has 7 nitrogen and oxygen atoms in total. The standard InChI is InChI=1S/C22H24ClN5O2/c1-14-11-19(30-2)17(23)12-16(14)18-13-28-6-5-20(25-22(28)24-18)26-7-9-27(10-8-26)21(29)15-3-4-15/h5-6,11-13,15H,3-4,7-10H2,1-2H3. The molecule has 2 aromatic heterocycles. The van der Waals surface area contributed by atoms with Crippen LogP contribution in [0.1, 0.15) is 18.4 Å². The van der Waals surface area contributed by atoms with Gasteiger partial charge in [0.1, 0.15) is 11.6 Å². The van der Waals surface area contributed by atoms with E-state index in [9.17, 15) is 4.79 Å². The van der Waals surface area contributed by atoms with E-state index in [-0.39, 0.29) is 5.92 Å². The van der Waals surface area contributed by atoms with Crippen LogP contribution in [0, 0.1) is 12.8 Å². The summed E-state index contributed by atoms with van der Waals surface area (Å²) < 4.78 is 7.22. The molecule has 1 aliphatic carbocycles. The number of imidazole rings is 1. The Kier molecular flexibility index (Phi) is 4.77. The lowest BCUT2D eigenvalue weighted by Gasteiger charge is -2.35. The van der Waals surface area contributed by atoms with Crippen molar-refractivity contribution in [2.75, 3.05) is 38.2 Å². The predicted molar refractivity (Wildman–Crippen MR) is 116 cm³/mol. The van der Waals surface area contributed by atoms with Crippen molar-refractivity contribution in [1.29, 1.82) is 0 Å². The number of carbonyl (C=O) groups excluding carboxylic acids is 1. The van der Waals surface area contributed by atoms with Gasteiger partial charge in [-0.1, -0.05) is 11.6 Å². The van der Waals surface area contributed by atoms with Crippen LogP contribution in [0.15, 0.2) is 30.6 Å². The molecule has 0 N–H and O–H groups in total. The van der Waals surface area contributed by atoms with Gasteiger partial charge in [-0.25, -0.2) is 4.98 Å². The van der Waals surface area contributed by atoms with Gasteiger partial charge in [0.05, 0.1) is 17.8 Å². The number of nitrogens with zero attached hydrogens (tertiary/aromatic N) is 5. The second-order valence-corrected chi connectivity index (χ2v) is 8.41. The van der Waals surface area contributed by atoms with E-state index in [1.807, 2.05) is 46.8 Å². The van der Waals surface area contributed by atoms with E-state index < -0.39 is 0 Å². The number of aryl methyl sites for hydroxylation is 1. The second kappa shape index (κ2) is 7.47. The first kappa shape index (κ1) is 19.2. The molecule has 0 spiro atoms. The summed E-state index contributed by atoms with van der Waals surface area (Å²) in [5.74, 6) is 2.79. The number of fused-ring (bicyclic) bond motifs is 1. The van der Waals surface area contributed by atoms with Crippen molar-refractivity contribution in [2.45, 2.75) is 19.8 Å². The van der Waals surface area contributed by atoms with Gasteiger partial charge < -0.3 is 14.5 Å². The minimum Gasteiger partial charge on any atom is -0.495 e. The third-order valence-electron chi connectivity index (χ3n) is 5.93. The number of piperazine rings is 1. The molecule has 1 saturated carbocycles. The van der Waals surface area contributed by atoms with Crippen molar-refractivity contribution in [1.82, 2.24) is 19.3 Å². The first-order valence-corrected chi connectivity index (χ1v) is 10.7. The Hall–Kier alpha value is -2.80. The highest BCUT2D eigenvalue weighted by Gasteiger charge is 2.34. The molecular weight excluding hydrogens is 402 g/mol. The third-order valence-corrected chi connectivity index (χ3v) is 6.22. The minimum atomic E-state index is 0.282. The average molecular weight is 426 g/mol. The first-order valence-electron chi connectivity index (χ1n) is 10.3. The fourth-order valence-corrected chi connectivity index (χ4v) is 4.24. The van der Waals surface area contributed by atoms with Crippen LogP contribution in [-0.2, 0) is 4.79 Å². The number of anilines is 1. The van der Waals surface area contributed by atoms with Crippen LogP contribution in [0.25, 0.3) is 17.0 Å². The Balaban J connectivity index is 1.37. The number of aromatic nitrogens is 3. The smallest absolute Gasteiger partial charge is 0.236 e. The van der Waals surface area contributed by atoms with Crippen molar-refractivity contribution >= 4 is 29.1 Å². The maximum absolute atomic E-state index is 12.3. The Morgan fingerprint density at radius 1 is 1.17 bits per heavy atom. The number of hydrogen-bond acceptors (Lipinski definition) is 5. The highest BCUT2D eigenvalue weighted by molar-refractivity contribution is 6.32. The number of benzene rings is 1. The minimum absolute atomic E-state index is 0.282. The van der Waals surface area contributed by atoms with E-state index in [1.54, 1.807) is 7.11 Å². The van der Waals surface area contributed by atoms with Gasteiger partial charge in [-0.15, -0.1) is 0 Å². The summed E-state index contributed by atoms with van der Waals surface area (Å²) >= 11 is 6.32. The molecule has 156 valence electrons. The van der Waals surface area contributed by atoms with Gasteiger partial charge in [-0.05, 0) is 43.5 Å². The molecule has 30 heavy (non-hydrogen) atoms. The molecule has 0 atom stereocenters. The largest absolute Gasteiger partial charge is 0.495 e. The molecule has 1 saturated heterocycles. The summed E-state index contributed by atoms with van der Waals surface area (Å²) in [5.41, 5.74) is 2.82. The van der Waals surface area contributed by atoms with E-state index >= 15 is 0 Å². The summed E-state index contributed by atoms with van der Waals surface area (Å²) in [6, 6.07) is 5.81. The molecule has 1 amide bonds. The van der Waals surface area contributed by atoms with Crippen molar-refractivity contribution in [3.05, 3.63) is 41.2 Å². The van der Waals surface area contributed by atoms with Crippen molar-refractivity contribution in [2.24, 2.45) is 5.92 Å². The number of amides is 1. The number of hydrogen-bond donors (Lipinski definition) is 0. The monoisotopic (exact) mass is 425 g/mol. The second-order valence-electron chi connectivity index (χ2n) is 8.01. The van der Waals surface area contributed by atoms with Crippen molar-refractivity contribution in [3.8, 4) is 17.0 Å². The van der Waals surface area contributed by atoms with E-state index in [2.05, 4.69) is 4.90 Å². The lowest BCUT2D eigenvalue weighted by molar-refractivity contribution is -0.132.